The number of benzene rings is 3. The molecule has 4 rings (SSSR count). The summed E-state index contributed by atoms with van der Waals surface area (Å²) in [6.07, 6.45) is 0. The van der Waals surface area contributed by atoms with Gasteiger partial charge in [-0.3, -0.25) is 0 Å². The normalized spacial score (nSPS) is 12.9. The van der Waals surface area contributed by atoms with Crippen LogP contribution in [0.4, 0.5) is 0 Å². The SMILES string of the molecule is C1CO1.COC(c1ccccc1)(c1ccccc1)c1ccccc1. The van der Waals surface area contributed by atoms with Crippen LogP contribution < -0.4 is 0 Å². The number of rotatable bonds is 4. The topological polar surface area (TPSA) is 21.8 Å². The molecule has 0 N–H and O–H groups in total. The zero-order valence-electron chi connectivity index (χ0n) is 13.9. The maximum Gasteiger partial charge on any atom is 0.143 e. The van der Waals surface area contributed by atoms with Crippen LogP contribution in [0.15, 0.2) is 91.0 Å². The van der Waals surface area contributed by atoms with Crippen molar-refractivity contribution in [3.8, 4) is 0 Å². The molecule has 0 bridgehead atoms. The Morgan fingerprint density at radius 2 is 0.917 bits per heavy atom. The Morgan fingerprint density at radius 1 is 0.625 bits per heavy atom. The van der Waals surface area contributed by atoms with Gasteiger partial charge in [0.1, 0.15) is 5.60 Å². The second-order valence-corrected chi connectivity index (χ2v) is 5.60. The van der Waals surface area contributed by atoms with Crippen LogP contribution in [0, 0.1) is 0 Å². The Bertz CT molecular complexity index is 622. The van der Waals surface area contributed by atoms with Gasteiger partial charge in [0.2, 0.25) is 0 Å². The average molecular weight is 318 g/mol. The van der Waals surface area contributed by atoms with Crippen LogP contribution in [0.3, 0.4) is 0 Å². The highest BCUT2D eigenvalue weighted by Crippen LogP contribution is 2.39. The summed E-state index contributed by atoms with van der Waals surface area (Å²) in [4.78, 5) is 0. The van der Waals surface area contributed by atoms with Crippen molar-refractivity contribution in [2.45, 2.75) is 5.60 Å². The number of methoxy groups -OCH3 is 1. The summed E-state index contributed by atoms with van der Waals surface area (Å²) in [6.45, 7) is 2.00. The molecule has 1 fully saturated rings. The summed E-state index contributed by atoms with van der Waals surface area (Å²) >= 11 is 0. The molecular formula is C22H22O2. The van der Waals surface area contributed by atoms with Gasteiger partial charge in [0.15, 0.2) is 0 Å². The summed E-state index contributed by atoms with van der Waals surface area (Å²) in [5, 5.41) is 0. The van der Waals surface area contributed by atoms with Crippen molar-refractivity contribution < 1.29 is 9.47 Å². The third kappa shape index (κ3) is 3.56. The molecule has 0 aromatic heterocycles. The summed E-state index contributed by atoms with van der Waals surface area (Å²) in [5.41, 5.74) is 2.81. The van der Waals surface area contributed by atoms with Gasteiger partial charge in [0.25, 0.3) is 0 Å². The third-order valence-corrected chi connectivity index (χ3v) is 4.05. The Hall–Kier alpha value is -2.42. The van der Waals surface area contributed by atoms with Crippen molar-refractivity contribution >= 4 is 0 Å². The fourth-order valence-electron chi connectivity index (χ4n) is 2.87. The largest absolute Gasteiger partial charge is 0.377 e. The van der Waals surface area contributed by atoms with Gasteiger partial charge < -0.3 is 9.47 Å². The van der Waals surface area contributed by atoms with E-state index in [0.717, 1.165) is 29.9 Å². The molecule has 3 aromatic carbocycles. The highest BCUT2D eigenvalue weighted by Gasteiger charge is 2.35. The van der Waals surface area contributed by atoms with E-state index in [1.165, 1.54) is 0 Å². The predicted octanol–water partition coefficient (Wildman–Crippen LogP) is 4.64. The first-order valence-electron chi connectivity index (χ1n) is 8.17. The van der Waals surface area contributed by atoms with E-state index in [4.69, 9.17) is 4.74 Å². The lowest BCUT2D eigenvalue weighted by Gasteiger charge is -2.34. The van der Waals surface area contributed by atoms with E-state index in [2.05, 4.69) is 77.5 Å². The highest BCUT2D eigenvalue weighted by molar-refractivity contribution is 5.47. The molecule has 1 heterocycles. The van der Waals surface area contributed by atoms with Crippen molar-refractivity contribution in [1.82, 2.24) is 0 Å². The fourth-order valence-corrected chi connectivity index (χ4v) is 2.87. The van der Waals surface area contributed by atoms with E-state index in [9.17, 15) is 0 Å². The minimum absolute atomic E-state index is 0.580. The molecule has 122 valence electrons. The number of hydrogen-bond acceptors (Lipinski definition) is 2. The van der Waals surface area contributed by atoms with Crippen LogP contribution in [0.2, 0.25) is 0 Å². The standard InChI is InChI=1S/C20H18O.C2H4O/c1-21-20(17-11-5-2-6-12-17,18-13-7-3-8-14-18)19-15-9-4-10-16-19;1-2-3-1/h2-16H,1H3;1-2H2. The summed E-state index contributed by atoms with van der Waals surface area (Å²) in [5.74, 6) is 0. The van der Waals surface area contributed by atoms with Crippen LogP contribution in [0.1, 0.15) is 16.7 Å². The first kappa shape index (κ1) is 16.4. The van der Waals surface area contributed by atoms with Gasteiger partial charge >= 0.3 is 0 Å². The van der Waals surface area contributed by atoms with Gasteiger partial charge in [0.05, 0.1) is 13.2 Å². The van der Waals surface area contributed by atoms with Crippen LogP contribution in [0.5, 0.6) is 0 Å². The Balaban J connectivity index is 0.000000508. The Kier molecular flexibility index (Phi) is 5.42. The molecule has 0 radical (unpaired) electrons. The van der Waals surface area contributed by atoms with Gasteiger partial charge in [-0.2, -0.15) is 0 Å². The van der Waals surface area contributed by atoms with Crippen molar-refractivity contribution in [1.29, 1.82) is 0 Å². The molecule has 0 amide bonds. The zero-order valence-corrected chi connectivity index (χ0v) is 13.9. The molecule has 0 aliphatic carbocycles. The monoisotopic (exact) mass is 318 g/mol. The molecule has 3 aromatic rings. The Morgan fingerprint density at radius 3 is 1.12 bits per heavy atom. The molecule has 1 aliphatic heterocycles. The fraction of sp³-hybridized carbons (Fsp3) is 0.182. The molecule has 0 unspecified atom stereocenters. The second kappa shape index (κ2) is 7.91. The minimum Gasteiger partial charge on any atom is -0.377 e. The lowest BCUT2D eigenvalue weighted by atomic mass is 9.80. The highest BCUT2D eigenvalue weighted by atomic mass is 16.6. The van der Waals surface area contributed by atoms with Crippen LogP contribution in [-0.4, -0.2) is 20.3 Å². The van der Waals surface area contributed by atoms with Gasteiger partial charge in [-0.1, -0.05) is 91.0 Å². The van der Waals surface area contributed by atoms with Crippen molar-refractivity contribution in [3.05, 3.63) is 108 Å². The van der Waals surface area contributed by atoms with E-state index in [-0.39, 0.29) is 0 Å². The van der Waals surface area contributed by atoms with Gasteiger partial charge in [-0.15, -0.1) is 0 Å². The zero-order chi connectivity index (χ0) is 16.7. The lowest BCUT2D eigenvalue weighted by molar-refractivity contribution is 0.0585. The molecule has 0 spiro atoms. The van der Waals surface area contributed by atoms with Gasteiger partial charge in [-0.25, -0.2) is 0 Å². The first-order valence-corrected chi connectivity index (χ1v) is 8.17. The van der Waals surface area contributed by atoms with Crippen molar-refractivity contribution in [2.24, 2.45) is 0 Å². The van der Waals surface area contributed by atoms with E-state index < -0.39 is 5.60 Å². The maximum atomic E-state index is 6.10. The minimum atomic E-state index is -0.580. The van der Waals surface area contributed by atoms with E-state index in [1.54, 1.807) is 7.11 Å². The lowest BCUT2D eigenvalue weighted by Crippen LogP contribution is -2.31. The van der Waals surface area contributed by atoms with Crippen molar-refractivity contribution in [3.63, 3.8) is 0 Å². The number of epoxide rings is 1. The van der Waals surface area contributed by atoms with E-state index >= 15 is 0 Å². The quantitative estimate of drug-likeness (QED) is 0.516. The summed E-state index contributed by atoms with van der Waals surface area (Å²) in [7, 11) is 1.77. The first-order chi connectivity index (χ1) is 11.9. The molecular weight excluding hydrogens is 296 g/mol. The molecule has 24 heavy (non-hydrogen) atoms. The van der Waals surface area contributed by atoms with Gasteiger partial charge in [0, 0.05) is 7.11 Å². The summed E-state index contributed by atoms with van der Waals surface area (Å²) < 4.78 is 10.6. The molecule has 1 saturated heterocycles. The van der Waals surface area contributed by atoms with Crippen LogP contribution in [-0.2, 0) is 15.1 Å². The predicted molar refractivity (Wildman–Crippen MR) is 97.0 cm³/mol. The Labute approximate surface area is 143 Å². The average Bonchev–Trinajstić information content (AvgIpc) is 3.55. The smallest absolute Gasteiger partial charge is 0.143 e. The molecule has 0 saturated carbocycles. The molecule has 2 nitrogen and oxygen atoms in total. The van der Waals surface area contributed by atoms with E-state index in [1.807, 2.05) is 18.2 Å². The van der Waals surface area contributed by atoms with Crippen LogP contribution in [0.25, 0.3) is 0 Å². The molecule has 1 aliphatic rings. The second-order valence-electron chi connectivity index (χ2n) is 5.60. The molecule has 0 atom stereocenters. The maximum absolute atomic E-state index is 6.10. The number of hydrogen-bond donors (Lipinski definition) is 0. The van der Waals surface area contributed by atoms with Crippen LogP contribution >= 0.6 is 0 Å². The van der Waals surface area contributed by atoms with E-state index in [0.29, 0.717) is 0 Å². The van der Waals surface area contributed by atoms with Crippen molar-refractivity contribution in [2.75, 3.05) is 20.3 Å². The third-order valence-electron chi connectivity index (χ3n) is 4.05. The van der Waals surface area contributed by atoms with Gasteiger partial charge in [-0.05, 0) is 16.7 Å². The molecule has 2 heteroatoms. The number of ether oxygens (including phenoxy) is 2. The summed E-state index contributed by atoms with van der Waals surface area (Å²) in [6, 6.07) is 31.1.